The molecule has 1 aromatic carbocycles. The third kappa shape index (κ3) is 2.83. The number of hydrogen-bond acceptors (Lipinski definition) is 4. The van der Waals surface area contributed by atoms with Crippen molar-refractivity contribution in [1.29, 1.82) is 0 Å². The molecule has 1 aromatic rings. The van der Waals surface area contributed by atoms with Crippen LogP contribution in [0.3, 0.4) is 0 Å². The highest BCUT2D eigenvalue weighted by Crippen LogP contribution is 2.31. The molecule has 0 N–H and O–H groups in total. The smallest absolute Gasteiger partial charge is 0.161 e. The van der Waals surface area contributed by atoms with Crippen LogP contribution < -0.4 is 9.47 Å². The lowest BCUT2D eigenvalue weighted by Crippen LogP contribution is -2.21. The molecule has 0 aromatic heterocycles. The molecule has 16 heavy (non-hydrogen) atoms. The van der Waals surface area contributed by atoms with E-state index in [0.29, 0.717) is 0 Å². The van der Waals surface area contributed by atoms with E-state index in [1.807, 2.05) is 32.3 Å². The van der Waals surface area contributed by atoms with E-state index in [0.717, 1.165) is 17.3 Å². The second kappa shape index (κ2) is 6.01. The first kappa shape index (κ1) is 13.2. The Hall–Kier alpha value is -0.870. The maximum atomic E-state index is 5.28. The molecule has 0 heterocycles. The molecule has 3 nitrogen and oxygen atoms in total. The van der Waals surface area contributed by atoms with Crippen LogP contribution in [0.1, 0.15) is 11.6 Å². The second-order valence-corrected chi connectivity index (χ2v) is 4.14. The Balaban J connectivity index is 3.06. The predicted molar refractivity (Wildman–Crippen MR) is 69.8 cm³/mol. The lowest BCUT2D eigenvalue weighted by atomic mass is 10.1. The lowest BCUT2D eigenvalue weighted by molar-refractivity contribution is 0.322. The number of ether oxygens (including phenoxy) is 2. The summed E-state index contributed by atoms with van der Waals surface area (Å²) < 4.78 is 10.5. The first-order chi connectivity index (χ1) is 7.63. The molecular weight excluding hydrogens is 222 g/mol. The number of rotatable bonds is 5. The van der Waals surface area contributed by atoms with Gasteiger partial charge >= 0.3 is 0 Å². The Kier molecular flexibility index (Phi) is 4.96. The van der Waals surface area contributed by atoms with E-state index in [-0.39, 0.29) is 6.04 Å². The Bertz CT molecular complexity index is 342. The third-order valence-corrected chi connectivity index (χ3v) is 2.93. The Morgan fingerprint density at radius 3 is 2.25 bits per heavy atom. The lowest BCUT2D eigenvalue weighted by Gasteiger charge is -2.23. The normalized spacial score (nSPS) is 12.6. The number of nitrogens with zero attached hydrogens (tertiary/aromatic N) is 1. The number of methoxy groups -OCH3 is 2. The molecular formula is C12H19NO2S. The van der Waals surface area contributed by atoms with E-state index in [9.17, 15) is 0 Å². The van der Waals surface area contributed by atoms with Crippen LogP contribution in [0.25, 0.3) is 0 Å². The van der Waals surface area contributed by atoms with Crippen molar-refractivity contribution < 1.29 is 9.47 Å². The standard InChI is InChI=1S/C12H19NO2S/c1-13(2)10(8-16)9-5-6-11(14-3)12(7-9)15-4/h5-7,10,16H,8H2,1-4H3. The highest BCUT2D eigenvalue weighted by molar-refractivity contribution is 7.80. The molecule has 0 spiro atoms. The molecule has 1 unspecified atom stereocenters. The van der Waals surface area contributed by atoms with Crippen molar-refractivity contribution in [3.05, 3.63) is 23.8 Å². The zero-order valence-corrected chi connectivity index (χ0v) is 11.1. The van der Waals surface area contributed by atoms with Gasteiger partial charge in [0.2, 0.25) is 0 Å². The van der Waals surface area contributed by atoms with Crippen LogP contribution in [0.2, 0.25) is 0 Å². The van der Waals surface area contributed by atoms with Crippen molar-refractivity contribution in [1.82, 2.24) is 4.90 Å². The quantitative estimate of drug-likeness (QED) is 0.799. The maximum Gasteiger partial charge on any atom is 0.161 e. The van der Waals surface area contributed by atoms with Crippen molar-refractivity contribution in [2.24, 2.45) is 0 Å². The monoisotopic (exact) mass is 241 g/mol. The molecule has 0 saturated heterocycles. The van der Waals surface area contributed by atoms with E-state index in [1.54, 1.807) is 14.2 Å². The van der Waals surface area contributed by atoms with Crippen molar-refractivity contribution in [3.8, 4) is 11.5 Å². The molecule has 0 radical (unpaired) electrons. The molecule has 4 heteroatoms. The predicted octanol–water partition coefficient (Wildman–Crippen LogP) is 2.24. The Morgan fingerprint density at radius 2 is 1.81 bits per heavy atom. The number of hydrogen-bond donors (Lipinski definition) is 1. The van der Waals surface area contributed by atoms with Crippen LogP contribution in [0.15, 0.2) is 18.2 Å². The van der Waals surface area contributed by atoms with E-state index in [1.165, 1.54) is 5.56 Å². The molecule has 0 amide bonds. The summed E-state index contributed by atoms with van der Waals surface area (Å²) >= 11 is 4.36. The van der Waals surface area contributed by atoms with Crippen LogP contribution in [0.4, 0.5) is 0 Å². The van der Waals surface area contributed by atoms with Gasteiger partial charge in [-0.3, -0.25) is 0 Å². The van der Waals surface area contributed by atoms with Gasteiger partial charge in [0.1, 0.15) is 0 Å². The third-order valence-electron chi connectivity index (χ3n) is 2.59. The minimum atomic E-state index is 0.281. The Morgan fingerprint density at radius 1 is 1.19 bits per heavy atom. The van der Waals surface area contributed by atoms with Crippen LogP contribution in [0, 0.1) is 0 Å². The summed E-state index contributed by atoms with van der Waals surface area (Å²) in [4.78, 5) is 2.13. The minimum absolute atomic E-state index is 0.281. The summed E-state index contributed by atoms with van der Waals surface area (Å²) in [5.74, 6) is 2.28. The van der Waals surface area contributed by atoms with E-state index < -0.39 is 0 Å². The summed E-state index contributed by atoms with van der Waals surface area (Å²) in [6.07, 6.45) is 0. The van der Waals surface area contributed by atoms with E-state index >= 15 is 0 Å². The molecule has 0 bridgehead atoms. The fourth-order valence-electron chi connectivity index (χ4n) is 1.63. The fraction of sp³-hybridized carbons (Fsp3) is 0.500. The topological polar surface area (TPSA) is 21.7 Å². The van der Waals surface area contributed by atoms with E-state index in [2.05, 4.69) is 17.5 Å². The molecule has 0 aliphatic heterocycles. The summed E-state index contributed by atoms with van der Waals surface area (Å²) in [6, 6.07) is 6.25. The molecule has 0 aliphatic rings. The van der Waals surface area contributed by atoms with Crippen molar-refractivity contribution >= 4 is 12.6 Å². The van der Waals surface area contributed by atoms with Crippen molar-refractivity contribution in [2.75, 3.05) is 34.1 Å². The highest BCUT2D eigenvalue weighted by Gasteiger charge is 2.14. The van der Waals surface area contributed by atoms with Gasteiger partial charge in [0, 0.05) is 11.8 Å². The first-order valence-corrected chi connectivity index (χ1v) is 5.76. The number of thiol groups is 1. The second-order valence-electron chi connectivity index (χ2n) is 3.78. The zero-order valence-electron chi connectivity index (χ0n) is 10.2. The largest absolute Gasteiger partial charge is 0.493 e. The molecule has 0 saturated carbocycles. The van der Waals surface area contributed by atoms with Gasteiger partial charge < -0.3 is 14.4 Å². The highest BCUT2D eigenvalue weighted by atomic mass is 32.1. The first-order valence-electron chi connectivity index (χ1n) is 5.13. The molecule has 90 valence electrons. The minimum Gasteiger partial charge on any atom is -0.493 e. The molecule has 0 aliphatic carbocycles. The van der Waals surface area contributed by atoms with Crippen LogP contribution in [-0.4, -0.2) is 39.0 Å². The van der Waals surface area contributed by atoms with Crippen LogP contribution in [-0.2, 0) is 0 Å². The number of benzene rings is 1. The van der Waals surface area contributed by atoms with Gasteiger partial charge in [-0.05, 0) is 31.8 Å². The zero-order chi connectivity index (χ0) is 12.1. The summed E-state index contributed by atoms with van der Waals surface area (Å²) in [5, 5.41) is 0. The van der Waals surface area contributed by atoms with Gasteiger partial charge in [-0.15, -0.1) is 0 Å². The fourth-order valence-corrected chi connectivity index (χ4v) is 2.16. The summed E-state index contributed by atoms with van der Waals surface area (Å²) in [6.45, 7) is 0. The molecule has 1 rings (SSSR count). The van der Waals surface area contributed by atoms with Gasteiger partial charge in [0.15, 0.2) is 11.5 Å². The van der Waals surface area contributed by atoms with Gasteiger partial charge in [-0.1, -0.05) is 6.07 Å². The van der Waals surface area contributed by atoms with Crippen molar-refractivity contribution in [2.45, 2.75) is 6.04 Å². The molecule has 1 atom stereocenters. The maximum absolute atomic E-state index is 5.28. The van der Waals surface area contributed by atoms with Crippen molar-refractivity contribution in [3.63, 3.8) is 0 Å². The van der Waals surface area contributed by atoms with Crippen LogP contribution >= 0.6 is 12.6 Å². The van der Waals surface area contributed by atoms with Gasteiger partial charge in [-0.2, -0.15) is 12.6 Å². The van der Waals surface area contributed by atoms with Crippen LogP contribution in [0.5, 0.6) is 11.5 Å². The van der Waals surface area contributed by atoms with E-state index in [4.69, 9.17) is 9.47 Å². The SMILES string of the molecule is COc1ccc(C(CS)N(C)C)cc1OC. The summed E-state index contributed by atoms with van der Waals surface area (Å²) in [5.41, 5.74) is 1.18. The average molecular weight is 241 g/mol. The molecule has 0 fully saturated rings. The van der Waals surface area contributed by atoms with Gasteiger partial charge in [0.05, 0.1) is 14.2 Å². The Labute approximate surface area is 103 Å². The summed E-state index contributed by atoms with van der Waals surface area (Å²) in [7, 11) is 7.36. The average Bonchev–Trinajstić information content (AvgIpc) is 2.29. The van der Waals surface area contributed by atoms with Gasteiger partial charge in [0.25, 0.3) is 0 Å². The van der Waals surface area contributed by atoms with Gasteiger partial charge in [-0.25, -0.2) is 0 Å².